The first-order chi connectivity index (χ1) is 16.3. The van der Waals surface area contributed by atoms with Gasteiger partial charge in [0.05, 0.1) is 22.7 Å². The minimum Gasteiger partial charge on any atom is -0.494 e. The van der Waals surface area contributed by atoms with Crippen LogP contribution in [0.15, 0.2) is 87.0 Å². The third kappa shape index (κ3) is 3.50. The molecular formula is C25H17ClN4O4. The Bertz CT molecular complexity index is 1660. The number of aromatic amines is 1. The van der Waals surface area contributed by atoms with Crippen molar-refractivity contribution in [3.05, 3.63) is 104 Å². The number of halogens is 1. The maximum Gasteiger partial charge on any atom is 0.335 e. The molecule has 0 radical (unpaired) electrons. The molecule has 1 amide bonds. The van der Waals surface area contributed by atoms with E-state index in [4.69, 9.17) is 11.6 Å². The van der Waals surface area contributed by atoms with Crippen molar-refractivity contribution in [3.63, 3.8) is 0 Å². The van der Waals surface area contributed by atoms with E-state index in [1.54, 1.807) is 31.2 Å². The van der Waals surface area contributed by atoms with Gasteiger partial charge in [-0.05, 0) is 42.7 Å². The van der Waals surface area contributed by atoms with Gasteiger partial charge in [-0.25, -0.2) is 9.36 Å². The third-order valence-corrected chi connectivity index (χ3v) is 5.77. The highest BCUT2D eigenvalue weighted by atomic mass is 35.5. The van der Waals surface area contributed by atoms with Crippen LogP contribution in [0.3, 0.4) is 0 Å². The number of amides is 1. The van der Waals surface area contributed by atoms with E-state index in [-0.39, 0.29) is 16.8 Å². The van der Waals surface area contributed by atoms with E-state index >= 15 is 0 Å². The lowest BCUT2D eigenvalue weighted by molar-refractivity contribution is -0.114. The summed E-state index contributed by atoms with van der Waals surface area (Å²) in [5.41, 5.74) is -0.608. The second kappa shape index (κ2) is 8.17. The van der Waals surface area contributed by atoms with Crippen LogP contribution in [0.5, 0.6) is 5.88 Å². The van der Waals surface area contributed by atoms with Gasteiger partial charge in [-0.1, -0.05) is 54.1 Å². The third-order valence-electron chi connectivity index (χ3n) is 5.53. The Kier molecular flexibility index (Phi) is 5.14. The number of hydrogen-bond donors (Lipinski definition) is 2. The van der Waals surface area contributed by atoms with Crippen molar-refractivity contribution in [2.75, 3.05) is 5.01 Å². The number of aromatic nitrogens is 2. The summed E-state index contributed by atoms with van der Waals surface area (Å²) in [6, 6.07) is 19.4. The number of fused-ring (bicyclic) bond motifs is 1. The molecule has 0 saturated heterocycles. The lowest BCUT2D eigenvalue weighted by Crippen LogP contribution is -2.30. The van der Waals surface area contributed by atoms with Gasteiger partial charge in [0.1, 0.15) is 5.56 Å². The summed E-state index contributed by atoms with van der Waals surface area (Å²) >= 11 is 6.02. The Morgan fingerprint density at radius 3 is 2.53 bits per heavy atom. The number of carbonyl (C=O) groups is 1. The quantitative estimate of drug-likeness (QED) is 0.441. The Hall–Kier alpha value is -4.43. The summed E-state index contributed by atoms with van der Waals surface area (Å²) in [5.74, 6) is -1.08. The Labute approximate surface area is 197 Å². The van der Waals surface area contributed by atoms with Crippen molar-refractivity contribution in [1.82, 2.24) is 9.55 Å². The first kappa shape index (κ1) is 21.4. The Balaban J connectivity index is 1.63. The summed E-state index contributed by atoms with van der Waals surface area (Å²) in [4.78, 5) is 40.5. The maximum atomic E-state index is 13.3. The standard InChI is InChI=1S/C25H17ClN4O4/c1-14-19(24(33)30(28-14)21-11-4-7-15-6-2-3-10-18(15)21)13-20-22(31)27-25(34)29(23(20)32)17-9-5-8-16(26)12-17/h2-13,32H,1H3,(H,27,31,34)/b19-13-. The van der Waals surface area contributed by atoms with Gasteiger partial charge >= 0.3 is 5.69 Å². The zero-order valence-electron chi connectivity index (χ0n) is 17.8. The van der Waals surface area contributed by atoms with Crippen molar-refractivity contribution >= 4 is 45.8 Å². The molecular weight excluding hydrogens is 456 g/mol. The lowest BCUT2D eigenvalue weighted by atomic mass is 10.1. The number of H-pyrrole nitrogens is 1. The van der Waals surface area contributed by atoms with E-state index < -0.39 is 23.0 Å². The molecule has 2 heterocycles. The van der Waals surface area contributed by atoms with Crippen molar-refractivity contribution in [3.8, 4) is 11.6 Å². The second-order valence-electron chi connectivity index (χ2n) is 7.67. The molecule has 0 bridgehead atoms. The second-order valence-corrected chi connectivity index (χ2v) is 8.11. The summed E-state index contributed by atoms with van der Waals surface area (Å²) in [5, 5.41) is 18.6. The van der Waals surface area contributed by atoms with Crippen LogP contribution in [0.25, 0.3) is 22.5 Å². The highest BCUT2D eigenvalue weighted by Gasteiger charge is 2.30. The smallest absolute Gasteiger partial charge is 0.335 e. The van der Waals surface area contributed by atoms with Gasteiger partial charge in [-0.2, -0.15) is 10.1 Å². The SMILES string of the molecule is CC1=NN(c2cccc3ccccc23)C(=O)/C1=C\c1c(O)n(-c2cccc(Cl)c2)c(=O)[nH]c1=O. The van der Waals surface area contributed by atoms with Gasteiger partial charge in [0.2, 0.25) is 5.88 Å². The molecule has 4 aromatic rings. The average molecular weight is 473 g/mol. The van der Waals surface area contributed by atoms with E-state index in [9.17, 15) is 19.5 Å². The summed E-state index contributed by atoms with van der Waals surface area (Å²) in [6.07, 6.45) is 1.24. The lowest BCUT2D eigenvalue weighted by Gasteiger charge is -2.14. The molecule has 1 aromatic heterocycles. The molecule has 9 heteroatoms. The molecule has 0 spiro atoms. The zero-order chi connectivity index (χ0) is 24.0. The molecule has 2 N–H and O–H groups in total. The topological polar surface area (TPSA) is 108 Å². The molecule has 168 valence electrons. The fraction of sp³-hybridized carbons (Fsp3) is 0.0400. The van der Waals surface area contributed by atoms with Crippen molar-refractivity contribution in [2.45, 2.75) is 6.92 Å². The number of hydrogen-bond acceptors (Lipinski definition) is 5. The predicted octanol–water partition coefficient (Wildman–Crippen LogP) is 3.84. The molecule has 5 rings (SSSR count). The number of nitrogens with zero attached hydrogens (tertiary/aromatic N) is 3. The number of hydrazone groups is 1. The summed E-state index contributed by atoms with van der Waals surface area (Å²) in [7, 11) is 0. The van der Waals surface area contributed by atoms with Crippen LogP contribution >= 0.6 is 11.6 Å². The van der Waals surface area contributed by atoms with Gasteiger partial charge in [0, 0.05) is 10.4 Å². The number of rotatable bonds is 3. The number of benzene rings is 3. The molecule has 0 unspecified atom stereocenters. The minimum absolute atomic E-state index is 0.116. The average Bonchev–Trinajstić information content (AvgIpc) is 3.09. The fourth-order valence-corrected chi connectivity index (χ4v) is 4.09. The van der Waals surface area contributed by atoms with Crippen molar-refractivity contribution in [2.24, 2.45) is 5.10 Å². The largest absolute Gasteiger partial charge is 0.494 e. The van der Waals surface area contributed by atoms with E-state index in [0.717, 1.165) is 15.3 Å². The van der Waals surface area contributed by atoms with Crippen LogP contribution < -0.4 is 16.3 Å². The van der Waals surface area contributed by atoms with E-state index in [0.29, 0.717) is 16.4 Å². The predicted molar refractivity (Wildman–Crippen MR) is 132 cm³/mol. The summed E-state index contributed by atoms with van der Waals surface area (Å²) < 4.78 is 0.911. The van der Waals surface area contributed by atoms with Gasteiger partial charge < -0.3 is 5.11 Å². The van der Waals surface area contributed by atoms with Gasteiger partial charge in [0.15, 0.2) is 0 Å². The van der Waals surface area contributed by atoms with Gasteiger partial charge in [0.25, 0.3) is 11.5 Å². The normalized spacial score (nSPS) is 14.8. The van der Waals surface area contributed by atoms with Crippen LogP contribution in [-0.2, 0) is 4.79 Å². The molecule has 3 aromatic carbocycles. The van der Waals surface area contributed by atoms with E-state index in [1.165, 1.54) is 17.2 Å². The van der Waals surface area contributed by atoms with Gasteiger partial charge in [-0.3, -0.25) is 14.6 Å². The molecule has 1 aliphatic rings. The van der Waals surface area contributed by atoms with Crippen LogP contribution in [-0.4, -0.2) is 26.3 Å². The number of nitrogens with one attached hydrogen (secondary N) is 1. The van der Waals surface area contributed by atoms with Crippen molar-refractivity contribution in [1.29, 1.82) is 0 Å². The molecule has 8 nitrogen and oxygen atoms in total. The maximum absolute atomic E-state index is 13.3. The number of aromatic hydroxyl groups is 1. The molecule has 34 heavy (non-hydrogen) atoms. The molecule has 1 aliphatic heterocycles. The summed E-state index contributed by atoms with van der Waals surface area (Å²) in [6.45, 7) is 1.63. The first-order valence-corrected chi connectivity index (χ1v) is 10.7. The first-order valence-electron chi connectivity index (χ1n) is 10.3. The monoisotopic (exact) mass is 472 g/mol. The fourth-order valence-electron chi connectivity index (χ4n) is 3.91. The minimum atomic E-state index is -0.840. The zero-order valence-corrected chi connectivity index (χ0v) is 18.6. The number of anilines is 1. The molecule has 0 aliphatic carbocycles. The highest BCUT2D eigenvalue weighted by molar-refractivity contribution is 6.33. The highest BCUT2D eigenvalue weighted by Crippen LogP contribution is 2.32. The van der Waals surface area contributed by atoms with E-state index in [2.05, 4.69) is 10.1 Å². The molecule has 0 saturated carbocycles. The molecule has 0 atom stereocenters. The van der Waals surface area contributed by atoms with Crippen LogP contribution in [0.2, 0.25) is 5.02 Å². The van der Waals surface area contributed by atoms with Crippen molar-refractivity contribution < 1.29 is 9.90 Å². The Morgan fingerprint density at radius 2 is 1.74 bits per heavy atom. The van der Waals surface area contributed by atoms with E-state index in [1.807, 2.05) is 36.4 Å². The number of carbonyl (C=O) groups excluding carboxylic acids is 1. The van der Waals surface area contributed by atoms with Crippen LogP contribution in [0.4, 0.5) is 5.69 Å². The van der Waals surface area contributed by atoms with Crippen LogP contribution in [0.1, 0.15) is 12.5 Å². The van der Waals surface area contributed by atoms with Crippen LogP contribution in [0, 0.1) is 0 Å². The van der Waals surface area contributed by atoms with Gasteiger partial charge in [-0.15, -0.1) is 0 Å². The Morgan fingerprint density at radius 1 is 1.00 bits per heavy atom. The molecule has 0 fully saturated rings.